The number of thiophene rings is 1. The molecule has 0 fully saturated rings. The van der Waals surface area contributed by atoms with Gasteiger partial charge in [0.25, 0.3) is 0 Å². The van der Waals surface area contributed by atoms with Gasteiger partial charge in [-0.3, -0.25) is 9.69 Å². The number of methoxy groups -OCH3 is 1. The zero-order chi connectivity index (χ0) is 20.5. The van der Waals surface area contributed by atoms with Crippen molar-refractivity contribution in [1.82, 2.24) is 4.90 Å². The fourth-order valence-electron chi connectivity index (χ4n) is 2.88. The number of benzene rings is 2. The second-order valence-corrected chi connectivity index (χ2v) is 7.69. The molecule has 0 bridgehead atoms. The minimum absolute atomic E-state index is 0.0470. The maximum Gasteiger partial charge on any atom is 0.241 e. The summed E-state index contributed by atoms with van der Waals surface area (Å²) in [6, 6.07) is 21.3. The van der Waals surface area contributed by atoms with Gasteiger partial charge in [0.15, 0.2) is 0 Å². The van der Waals surface area contributed by atoms with E-state index in [-0.39, 0.29) is 5.91 Å². The SMILES string of the molecule is COc1ccc(N(Cc2cccs2)C(=O)CN(C)CCOc2ccccc2)cc1. The molecule has 0 saturated heterocycles. The van der Waals surface area contributed by atoms with Crippen LogP contribution in [0.25, 0.3) is 0 Å². The van der Waals surface area contributed by atoms with Crippen LogP contribution >= 0.6 is 11.3 Å². The van der Waals surface area contributed by atoms with Crippen molar-refractivity contribution in [1.29, 1.82) is 0 Å². The zero-order valence-corrected chi connectivity index (χ0v) is 17.6. The van der Waals surface area contributed by atoms with E-state index in [1.165, 1.54) is 0 Å². The predicted octanol–water partition coefficient (Wildman–Crippen LogP) is 4.30. The Kier molecular flexibility index (Phi) is 7.67. The van der Waals surface area contributed by atoms with Gasteiger partial charge in [0.2, 0.25) is 5.91 Å². The Morgan fingerprint density at radius 2 is 1.72 bits per heavy atom. The Balaban J connectivity index is 1.60. The summed E-state index contributed by atoms with van der Waals surface area (Å²) >= 11 is 1.65. The maximum atomic E-state index is 13.1. The number of hydrogen-bond donors (Lipinski definition) is 0. The normalized spacial score (nSPS) is 10.7. The van der Waals surface area contributed by atoms with Crippen molar-refractivity contribution in [3.05, 3.63) is 77.0 Å². The van der Waals surface area contributed by atoms with Gasteiger partial charge in [-0.2, -0.15) is 0 Å². The number of nitrogens with zero attached hydrogens (tertiary/aromatic N) is 2. The molecule has 3 aromatic rings. The van der Waals surface area contributed by atoms with Crippen LogP contribution in [0.4, 0.5) is 5.69 Å². The summed E-state index contributed by atoms with van der Waals surface area (Å²) in [5, 5.41) is 2.03. The first-order chi connectivity index (χ1) is 14.2. The van der Waals surface area contributed by atoms with Gasteiger partial charge in [-0.25, -0.2) is 0 Å². The van der Waals surface area contributed by atoms with Gasteiger partial charge >= 0.3 is 0 Å². The van der Waals surface area contributed by atoms with Crippen molar-refractivity contribution < 1.29 is 14.3 Å². The molecule has 0 aliphatic rings. The molecular formula is C23H26N2O3S. The molecule has 0 unspecified atom stereocenters. The molecule has 29 heavy (non-hydrogen) atoms. The van der Waals surface area contributed by atoms with Crippen LogP contribution in [0.15, 0.2) is 72.1 Å². The molecule has 0 aliphatic carbocycles. The highest BCUT2D eigenvalue weighted by atomic mass is 32.1. The summed E-state index contributed by atoms with van der Waals surface area (Å²) < 4.78 is 11.0. The highest BCUT2D eigenvalue weighted by Gasteiger charge is 2.18. The van der Waals surface area contributed by atoms with Crippen LogP contribution in [0.5, 0.6) is 11.5 Å². The Hall–Kier alpha value is -2.83. The van der Waals surface area contributed by atoms with E-state index in [4.69, 9.17) is 9.47 Å². The van der Waals surface area contributed by atoms with Gasteiger partial charge in [0.1, 0.15) is 18.1 Å². The van der Waals surface area contributed by atoms with Gasteiger partial charge in [0.05, 0.1) is 20.2 Å². The van der Waals surface area contributed by atoms with E-state index in [0.29, 0.717) is 26.2 Å². The molecule has 3 rings (SSSR count). The quantitative estimate of drug-likeness (QED) is 0.500. The molecule has 0 radical (unpaired) electrons. The lowest BCUT2D eigenvalue weighted by Crippen LogP contribution is -2.39. The summed E-state index contributed by atoms with van der Waals surface area (Å²) in [6.45, 7) is 2.06. The fourth-order valence-corrected chi connectivity index (χ4v) is 3.57. The number of carbonyl (C=O) groups is 1. The standard InChI is InChI=1S/C23H26N2O3S/c1-24(14-15-28-21-7-4-3-5-8-21)18-23(26)25(17-22-9-6-16-29-22)19-10-12-20(27-2)13-11-19/h3-13,16H,14-15,17-18H2,1-2H3. The monoisotopic (exact) mass is 410 g/mol. The van der Waals surface area contributed by atoms with Crippen molar-refractivity contribution in [2.45, 2.75) is 6.54 Å². The predicted molar refractivity (Wildman–Crippen MR) is 118 cm³/mol. The Morgan fingerprint density at radius 1 is 0.966 bits per heavy atom. The largest absolute Gasteiger partial charge is 0.497 e. The third-order valence-electron chi connectivity index (χ3n) is 4.47. The summed E-state index contributed by atoms with van der Waals surface area (Å²) in [6.07, 6.45) is 0. The molecule has 0 aliphatic heterocycles. The molecule has 152 valence electrons. The van der Waals surface area contributed by atoms with Crippen LogP contribution in [0, 0.1) is 0 Å². The topological polar surface area (TPSA) is 42.0 Å². The van der Waals surface area contributed by atoms with Crippen LogP contribution in [0.3, 0.4) is 0 Å². The highest BCUT2D eigenvalue weighted by molar-refractivity contribution is 7.09. The van der Waals surface area contributed by atoms with E-state index in [9.17, 15) is 4.79 Å². The minimum Gasteiger partial charge on any atom is -0.497 e. The van der Waals surface area contributed by atoms with Crippen molar-refractivity contribution in [2.24, 2.45) is 0 Å². The second kappa shape index (κ2) is 10.6. The van der Waals surface area contributed by atoms with Crippen LogP contribution < -0.4 is 14.4 Å². The smallest absolute Gasteiger partial charge is 0.241 e. The molecule has 1 heterocycles. The van der Waals surface area contributed by atoms with Gasteiger partial charge in [-0.05, 0) is 54.9 Å². The third kappa shape index (κ3) is 6.34. The average molecular weight is 411 g/mol. The number of amides is 1. The molecule has 2 aromatic carbocycles. The number of likely N-dealkylation sites (N-methyl/N-ethyl adjacent to an activating group) is 1. The highest BCUT2D eigenvalue weighted by Crippen LogP contribution is 2.23. The van der Waals surface area contributed by atoms with E-state index in [1.807, 2.05) is 89.0 Å². The molecule has 0 saturated carbocycles. The molecule has 0 N–H and O–H groups in total. The number of ether oxygens (including phenoxy) is 2. The lowest BCUT2D eigenvalue weighted by atomic mass is 10.2. The van der Waals surface area contributed by atoms with Crippen molar-refractivity contribution >= 4 is 22.9 Å². The molecule has 5 nitrogen and oxygen atoms in total. The van der Waals surface area contributed by atoms with Gasteiger partial charge in [-0.1, -0.05) is 24.3 Å². The Labute approximate surface area is 176 Å². The van der Waals surface area contributed by atoms with Gasteiger partial charge in [0, 0.05) is 17.1 Å². The number of rotatable bonds is 10. The van der Waals surface area contributed by atoms with E-state index in [1.54, 1.807) is 18.4 Å². The first kappa shape index (κ1) is 20.9. The van der Waals surface area contributed by atoms with Crippen LogP contribution in [-0.2, 0) is 11.3 Å². The van der Waals surface area contributed by atoms with Gasteiger partial charge < -0.3 is 14.4 Å². The maximum absolute atomic E-state index is 13.1. The van der Waals surface area contributed by atoms with E-state index < -0.39 is 0 Å². The number of hydrogen-bond acceptors (Lipinski definition) is 5. The molecular weight excluding hydrogens is 384 g/mol. The summed E-state index contributed by atoms with van der Waals surface area (Å²) in [5.41, 5.74) is 0.859. The molecule has 0 spiro atoms. The summed E-state index contributed by atoms with van der Waals surface area (Å²) in [7, 11) is 3.57. The lowest BCUT2D eigenvalue weighted by molar-refractivity contribution is -0.119. The first-order valence-corrected chi connectivity index (χ1v) is 10.4. The second-order valence-electron chi connectivity index (χ2n) is 6.66. The molecule has 6 heteroatoms. The fraction of sp³-hybridized carbons (Fsp3) is 0.261. The van der Waals surface area contributed by atoms with Crippen LogP contribution in [0.2, 0.25) is 0 Å². The van der Waals surface area contributed by atoms with Gasteiger partial charge in [-0.15, -0.1) is 11.3 Å². The Morgan fingerprint density at radius 3 is 2.38 bits per heavy atom. The van der Waals surface area contributed by atoms with Crippen molar-refractivity contribution in [3.63, 3.8) is 0 Å². The van der Waals surface area contributed by atoms with E-state index in [0.717, 1.165) is 22.1 Å². The zero-order valence-electron chi connectivity index (χ0n) is 16.8. The lowest BCUT2D eigenvalue weighted by Gasteiger charge is -2.25. The minimum atomic E-state index is 0.0470. The summed E-state index contributed by atoms with van der Waals surface area (Å²) in [5.74, 6) is 1.66. The average Bonchev–Trinajstić information content (AvgIpc) is 3.26. The molecule has 1 amide bonds. The van der Waals surface area contributed by atoms with E-state index >= 15 is 0 Å². The molecule has 0 atom stereocenters. The van der Waals surface area contributed by atoms with Crippen molar-refractivity contribution in [3.8, 4) is 11.5 Å². The first-order valence-electron chi connectivity index (χ1n) is 9.49. The van der Waals surface area contributed by atoms with Crippen LogP contribution in [-0.4, -0.2) is 44.7 Å². The molecule has 1 aromatic heterocycles. The Bertz CT molecular complexity index is 867. The summed E-state index contributed by atoms with van der Waals surface area (Å²) in [4.78, 5) is 18.0. The number of para-hydroxylation sites is 1. The van der Waals surface area contributed by atoms with Crippen LogP contribution in [0.1, 0.15) is 4.88 Å². The van der Waals surface area contributed by atoms with Crippen molar-refractivity contribution in [2.75, 3.05) is 38.8 Å². The third-order valence-corrected chi connectivity index (χ3v) is 5.33. The number of carbonyl (C=O) groups excluding carboxylic acids is 1. The number of anilines is 1. The van der Waals surface area contributed by atoms with E-state index in [2.05, 4.69) is 0 Å².